The van der Waals surface area contributed by atoms with E-state index in [1.54, 1.807) is 24.5 Å². The summed E-state index contributed by atoms with van der Waals surface area (Å²) in [6.07, 6.45) is 4.20. The van der Waals surface area contributed by atoms with E-state index >= 15 is 0 Å². The first-order valence-corrected chi connectivity index (χ1v) is 8.33. The van der Waals surface area contributed by atoms with Gasteiger partial charge in [-0.1, -0.05) is 17.8 Å². The lowest BCUT2D eigenvalue weighted by Gasteiger charge is -2.05. The summed E-state index contributed by atoms with van der Waals surface area (Å²) < 4.78 is 11.2. The normalized spacial score (nSPS) is 10.3. The van der Waals surface area contributed by atoms with Gasteiger partial charge >= 0.3 is 0 Å². The molecule has 1 aromatic carbocycles. The maximum Gasteiger partial charge on any atom is 0.276 e. The topological polar surface area (TPSA) is 84.8 Å². The Hall–Kier alpha value is -2.85. The molecule has 0 amide bonds. The van der Waals surface area contributed by atoms with Crippen LogP contribution in [-0.4, -0.2) is 27.5 Å². The molecule has 0 unspecified atom stereocenters. The number of hydrogen-bond acceptors (Lipinski definition) is 7. The molecule has 0 atom stereocenters. The van der Waals surface area contributed by atoms with E-state index < -0.39 is 0 Å². The molecule has 0 aliphatic rings. The van der Waals surface area contributed by atoms with Crippen molar-refractivity contribution in [3.8, 4) is 23.3 Å². The van der Waals surface area contributed by atoms with Crippen LogP contribution in [0.25, 0.3) is 11.5 Å². The van der Waals surface area contributed by atoms with Crippen molar-refractivity contribution in [2.24, 2.45) is 0 Å². The summed E-state index contributed by atoms with van der Waals surface area (Å²) in [5.74, 6) is 2.00. The number of nitriles is 1. The van der Waals surface area contributed by atoms with Crippen LogP contribution in [0.5, 0.6) is 5.75 Å². The van der Waals surface area contributed by atoms with Crippen LogP contribution in [0, 0.1) is 11.3 Å². The summed E-state index contributed by atoms with van der Waals surface area (Å²) in [5.41, 5.74) is 1.45. The Morgan fingerprint density at radius 1 is 1.17 bits per heavy atom. The van der Waals surface area contributed by atoms with Crippen molar-refractivity contribution in [2.75, 3.05) is 12.4 Å². The zero-order valence-corrected chi connectivity index (χ0v) is 13.6. The Bertz CT molecular complexity index is 830. The van der Waals surface area contributed by atoms with E-state index in [0.717, 1.165) is 17.7 Å². The first kappa shape index (κ1) is 16.0. The van der Waals surface area contributed by atoms with Gasteiger partial charge in [-0.05, 0) is 36.8 Å². The fourth-order valence-electron chi connectivity index (χ4n) is 1.94. The van der Waals surface area contributed by atoms with E-state index in [0.29, 0.717) is 29.0 Å². The third-order valence-corrected chi connectivity index (χ3v) is 3.98. The number of benzene rings is 1. The fourth-order valence-corrected chi connectivity index (χ4v) is 2.62. The van der Waals surface area contributed by atoms with Crippen molar-refractivity contribution in [2.45, 2.75) is 11.6 Å². The molecule has 0 aliphatic carbocycles. The highest BCUT2D eigenvalue weighted by atomic mass is 32.2. The van der Waals surface area contributed by atoms with Crippen molar-refractivity contribution < 1.29 is 9.15 Å². The molecule has 0 saturated heterocycles. The Kier molecular flexibility index (Phi) is 5.43. The summed E-state index contributed by atoms with van der Waals surface area (Å²) in [4.78, 5) is 3.96. The van der Waals surface area contributed by atoms with Crippen molar-refractivity contribution >= 4 is 11.8 Å². The molecular weight excluding hydrogens is 324 g/mol. The lowest BCUT2D eigenvalue weighted by Crippen LogP contribution is -1.98. The van der Waals surface area contributed by atoms with Gasteiger partial charge in [0.2, 0.25) is 5.89 Å². The molecule has 0 fully saturated rings. The van der Waals surface area contributed by atoms with Crippen molar-refractivity contribution in [1.29, 1.82) is 5.26 Å². The molecule has 0 aliphatic heterocycles. The largest absolute Gasteiger partial charge is 0.494 e. The summed E-state index contributed by atoms with van der Waals surface area (Å²) in [6.45, 7) is 0.563. The van der Waals surface area contributed by atoms with Gasteiger partial charge in [0.15, 0.2) is 0 Å². The maximum atomic E-state index is 8.85. The number of aromatic nitrogens is 3. The number of rotatable bonds is 7. The zero-order valence-electron chi connectivity index (χ0n) is 12.8. The molecule has 7 heteroatoms. The average molecular weight is 338 g/mol. The van der Waals surface area contributed by atoms with Crippen molar-refractivity contribution in [3.63, 3.8) is 0 Å². The molecule has 0 N–H and O–H groups in total. The lowest BCUT2D eigenvalue weighted by molar-refractivity contribution is 0.318. The Labute approximate surface area is 143 Å². The van der Waals surface area contributed by atoms with E-state index in [1.165, 1.54) is 11.8 Å². The SMILES string of the molecule is N#Cc1cccc(OCCCSc2nnc(-c3ccncc3)o2)c1. The predicted molar refractivity (Wildman–Crippen MR) is 89.5 cm³/mol. The van der Waals surface area contributed by atoms with Gasteiger partial charge in [-0.15, -0.1) is 10.2 Å². The van der Waals surface area contributed by atoms with Gasteiger partial charge in [-0.25, -0.2) is 0 Å². The van der Waals surface area contributed by atoms with E-state index in [-0.39, 0.29) is 0 Å². The highest BCUT2D eigenvalue weighted by molar-refractivity contribution is 7.99. The van der Waals surface area contributed by atoms with Gasteiger partial charge in [0.05, 0.1) is 18.2 Å². The molecule has 2 aromatic heterocycles. The van der Waals surface area contributed by atoms with E-state index in [2.05, 4.69) is 21.3 Å². The van der Waals surface area contributed by atoms with Crippen LogP contribution in [0.1, 0.15) is 12.0 Å². The molecule has 3 aromatic rings. The van der Waals surface area contributed by atoms with Gasteiger partial charge < -0.3 is 9.15 Å². The van der Waals surface area contributed by atoms with E-state index in [1.807, 2.05) is 24.3 Å². The molecule has 6 nitrogen and oxygen atoms in total. The average Bonchev–Trinajstić information content (AvgIpc) is 3.11. The quantitative estimate of drug-likeness (QED) is 0.481. The number of nitrogens with zero attached hydrogens (tertiary/aromatic N) is 4. The van der Waals surface area contributed by atoms with Gasteiger partial charge in [-0.2, -0.15) is 5.26 Å². The molecule has 0 spiro atoms. The predicted octanol–water partition coefficient (Wildman–Crippen LogP) is 3.56. The minimum absolute atomic E-state index is 0.490. The third-order valence-electron chi connectivity index (χ3n) is 3.08. The Morgan fingerprint density at radius 3 is 2.88 bits per heavy atom. The number of ether oxygens (including phenoxy) is 1. The van der Waals surface area contributed by atoms with Crippen LogP contribution in [0.3, 0.4) is 0 Å². The first-order valence-electron chi connectivity index (χ1n) is 7.35. The summed E-state index contributed by atoms with van der Waals surface area (Å²) >= 11 is 1.49. The third kappa shape index (κ3) is 4.33. The molecule has 120 valence electrons. The monoisotopic (exact) mass is 338 g/mol. The van der Waals surface area contributed by atoms with Crippen molar-refractivity contribution in [3.05, 3.63) is 54.4 Å². The lowest BCUT2D eigenvalue weighted by atomic mass is 10.2. The zero-order chi connectivity index (χ0) is 16.6. The Morgan fingerprint density at radius 2 is 2.04 bits per heavy atom. The van der Waals surface area contributed by atoms with Gasteiger partial charge in [-0.3, -0.25) is 4.98 Å². The smallest absolute Gasteiger partial charge is 0.276 e. The van der Waals surface area contributed by atoms with Gasteiger partial charge in [0.25, 0.3) is 5.22 Å². The molecular formula is C17H14N4O2S. The number of thioether (sulfide) groups is 1. The Balaban J connectivity index is 1.42. The second kappa shape index (κ2) is 8.13. The second-order valence-electron chi connectivity index (χ2n) is 4.80. The van der Waals surface area contributed by atoms with Crippen molar-refractivity contribution in [1.82, 2.24) is 15.2 Å². The van der Waals surface area contributed by atoms with Crippen LogP contribution < -0.4 is 4.74 Å². The van der Waals surface area contributed by atoms with Crippen LogP contribution in [0.4, 0.5) is 0 Å². The first-order chi connectivity index (χ1) is 11.8. The highest BCUT2D eigenvalue weighted by Gasteiger charge is 2.08. The molecule has 24 heavy (non-hydrogen) atoms. The van der Waals surface area contributed by atoms with E-state index in [9.17, 15) is 0 Å². The van der Waals surface area contributed by atoms with Gasteiger partial charge in [0.1, 0.15) is 5.75 Å². The molecule has 0 bridgehead atoms. The van der Waals surface area contributed by atoms with Crippen LogP contribution in [0.2, 0.25) is 0 Å². The van der Waals surface area contributed by atoms with Gasteiger partial charge in [0, 0.05) is 23.7 Å². The minimum atomic E-state index is 0.490. The summed E-state index contributed by atoms with van der Waals surface area (Å²) in [7, 11) is 0. The van der Waals surface area contributed by atoms with Crippen LogP contribution >= 0.6 is 11.8 Å². The highest BCUT2D eigenvalue weighted by Crippen LogP contribution is 2.23. The molecule has 3 rings (SSSR count). The fraction of sp³-hybridized carbons (Fsp3) is 0.176. The molecule has 0 radical (unpaired) electrons. The van der Waals surface area contributed by atoms with Crippen LogP contribution in [0.15, 0.2) is 58.4 Å². The standard InChI is InChI=1S/C17H14N4O2S/c18-12-13-3-1-4-15(11-13)22-9-2-10-24-17-21-20-16(23-17)14-5-7-19-8-6-14/h1,3-8,11H,2,9-10H2. The molecule has 0 saturated carbocycles. The number of pyridine rings is 1. The van der Waals surface area contributed by atoms with Crippen LogP contribution in [-0.2, 0) is 0 Å². The molecule has 2 heterocycles. The van der Waals surface area contributed by atoms with E-state index in [4.69, 9.17) is 14.4 Å². The summed E-state index contributed by atoms with van der Waals surface area (Å²) in [6, 6.07) is 12.9. The minimum Gasteiger partial charge on any atom is -0.494 e. The number of hydrogen-bond donors (Lipinski definition) is 0. The maximum absolute atomic E-state index is 8.85. The summed E-state index contributed by atoms with van der Waals surface area (Å²) in [5, 5.41) is 17.4. The second-order valence-corrected chi connectivity index (χ2v) is 5.85.